The van der Waals surface area contributed by atoms with Crippen LogP contribution in [0.25, 0.3) is 17.3 Å². The van der Waals surface area contributed by atoms with E-state index < -0.39 is 0 Å². The van der Waals surface area contributed by atoms with E-state index in [1.54, 1.807) is 36.2 Å². The Balaban J connectivity index is 1.68. The summed E-state index contributed by atoms with van der Waals surface area (Å²) in [6.07, 6.45) is 4.41. The van der Waals surface area contributed by atoms with Crippen LogP contribution in [0.3, 0.4) is 0 Å². The maximum absolute atomic E-state index is 13.0. The summed E-state index contributed by atoms with van der Waals surface area (Å²) in [5, 5.41) is 8.34. The molecule has 0 saturated carbocycles. The molecule has 0 fully saturated rings. The predicted molar refractivity (Wildman–Crippen MR) is 81.6 cm³/mol. The molecular formula is C16H17FN4O2. The molecule has 0 radical (unpaired) electrons. The van der Waals surface area contributed by atoms with Gasteiger partial charge < -0.3 is 9.26 Å². The molecule has 3 rings (SSSR count). The maximum Gasteiger partial charge on any atom is 0.278 e. The maximum atomic E-state index is 13.0. The van der Waals surface area contributed by atoms with Crippen molar-refractivity contribution in [3.8, 4) is 17.3 Å². The van der Waals surface area contributed by atoms with Crippen LogP contribution >= 0.6 is 0 Å². The lowest BCUT2D eigenvalue weighted by molar-refractivity contribution is 0.192. The second-order valence-electron chi connectivity index (χ2n) is 5.09. The van der Waals surface area contributed by atoms with Crippen molar-refractivity contribution in [3.63, 3.8) is 0 Å². The van der Waals surface area contributed by atoms with Crippen molar-refractivity contribution in [3.05, 3.63) is 48.2 Å². The quantitative estimate of drug-likeness (QED) is 0.627. The number of benzene rings is 1. The van der Waals surface area contributed by atoms with E-state index in [9.17, 15) is 4.39 Å². The zero-order valence-corrected chi connectivity index (χ0v) is 12.8. The first-order valence-corrected chi connectivity index (χ1v) is 7.40. The minimum Gasteiger partial charge on any atom is -0.385 e. The monoisotopic (exact) mass is 316 g/mol. The molecule has 0 N–H and O–H groups in total. The van der Waals surface area contributed by atoms with Crippen molar-refractivity contribution in [1.29, 1.82) is 0 Å². The molecule has 0 atom stereocenters. The van der Waals surface area contributed by atoms with E-state index in [-0.39, 0.29) is 5.82 Å². The molecule has 0 saturated heterocycles. The standard InChI is InChI=1S/C16H17FN4O2/c1-22-11-3-2-4-15-18-16(23-20-15)14-9-10-21(19-14)13-7-5-12(17)6-8-13/h5-10H,2-4,11H2,1H3. The van der Waals surface area contributed by atoms with Crippen LogP contribution in [-0.2, 0) is 11.2 Å². The van der Waals surface area contributed by atoms with Crippen LogP contribution in [0.4, 0.5) is 4.39 Å². The van der Waals surface area contributed by atoms with Crippen LogP contribution in [0.15, 0.2) is 41.1 Å². The topological polar surface area (TPSA) is 66.0 Å². The number of aryl methyl sites for hydroxylation is 1. The zero-order chi connectivity index (χ0) is 16.1. The van der Waals surface area contributed by atoms with Crippen molar-refractivity contribution >= 4 is 0 Å². The number of halogens is 1. The Morgan fingerprint density at radius 3 is 2.78 bits per heavy atom. The van der Waals surface area contributed by atoms with Gasteiger partial charge in [0.2, 0.25) is 0 Å². The Bertz CT molecular complexity index is 752. The average Bonchev–Trinajstić information content (AvgIpc) is 3.21. The molecule has 6 nitrogen and oxygen atoms in total. The molecule has 0 bridgehead atoms. The van der Waals surface area contributed by atoms with Gasteiger partial charge in [0.25, 0.3) is 5.89 Å². The molecule has 120 valence electrons. The van der Waals surface area contributed by atoms with Crippen LogP contribution in [0.1, 0.15) is 18.7 Å². The van der Waals surface area contributed by atoms with Crippen molar-refractivity contribution in [2.45, 2.75) is 19.3 Å². The summed E-state index contributed by atoms with van der Waals surface area (Å²) in [5.41, 5.74) is 1.35. The van der Waals surface area contributed by atoms with Crippen molar-refractivity contribution < 1.29 is 13.7 Å². The number of hydrogen-bond acceptors (Lipinski definition) is 5. The molecule has 23 heavy (non-hydrogen) atoms. The number of unbranched alkanes of at least 4 members (excludes halogenated alkanes) is 1. The molecule has 0 aliphatic heterocycles. The third-order valence-electron chi connectivity index (χ3n) is 3.37. The summed E-state index contributed by atoms with van der Waals surface area (Å²) >= 11 is 0. The lowest BCUT2D eigenvalue weighted by Gasteiger charge is -1.99. The molecule has 0 amide bonds. The van der Waals surface area contributed by atoms with Crippen molar-refractivity contribution in [2.75, 3.05) is 13.7 Å². The highest BCUT2D eigenvalue weighted by Gasteiger charge is 2.12. The molecule has 0 aliphatic carbocycles. The number of rotatable bonds is 7. The van der Waals surface area contributed by atoms with E-state index in [4.69, 9.17) is 9.26 Å². The Hall–Kier alpha value is -2.54. The van der Waals surface area contributed by atoms with E-state index in [1.165, 1.54) is 12.1 Å². The van der Waals surface area contributed by atoms with Crippen LogP contribution < -0.4 is 0 Å². The second-order valence-corrected chi connectivity index (χ2v) is 5.09. The molecular weight excluding hydrogens is 299 g/mol. The Morgan fingerprint density at radius 1 is 1.17 bits per heavy atom. The largest absolute Gasteiger partial charge is 0.385 e. The third-order valence-corrected chi connectivity index (χ3v) is 3.37. The number of hydrogen-bond donors (Lipinski definition) is 0. The molecule has 7 heteroatoms. The molecule has 0 unspecified atom stereocenters. The Labute approximate surface area is 132 Å². The van der Waals surface area contributed by atoms with Crippen LogP contribution in [0, 0.1) is 5.82 Å². The van der Waals surface area contributed by atoms with Gasteiger partial charge in [-0.2, -0.15) is 10.1 Å². The minimum atomic E-state index is -0.281. The Morgan fingerprint density at radius 2 is 2.00 bits per heavy atom. The lowest BCUT2D eigenvalue weighted by atomic mass is 10.2. The predicted octanol–water partition coefficient (Wildman–Crippen LogP) is 3.03. The van der Waals surface area contributed by atoms with E-state index in [1.807, 2.05) is 0 Å². The summed E-state index contributed by atoms with van der Waals surface area (Å²) in [7, 11) is 1.68. The second kappa shape index (κ2) is 7.15. The normalized spacial score (nSPS) is 11.0. The summed E-state index contributed by atoms with van der Waals surface area (Å²) in [6, 6.07) is 7.87. The highest BCUT2D eigenvalue weighted by Crippen LogP contribution is 2.17. The van der Waals surface area contributed by atoms with Gasteiger partial charge in [0.15, 0.2) is 11.5 Å². The van der Waals surface area contributed by atoms with Crippen molar-refractivity contribution in [2.24, 2.45) is 0 Å². The summed E-state index contributed by atoms with van der Waals surface area (Å²) in [6.45, 7) is 0.729. The van der Waals surface area contributed by atoms with E-state index >= 15 is 0 Å². The molecule has 0 aliphatic rings. The first-order chi connectivity index (χ1) is 11.3. The third kappa shape index (κ3) is 3.81. The van der Waals surface area contributed by atoms with Gasteiger partial charge in [-0.3, -0.25) is 0 Å². The van der Waals surface area contributed by atoms with Crippen LogP contribution in [-0.4, -0.2) is 33.6 Å². The molecule has 0 spiro atoms. The summed E-state index contributed by atoms with van der Waals surface area (Å²) in [5.74, 6) is 0.760. The first kappa shape index (κ1) is 15.4. The highest BCUT2D eigenvalue weighted by atomic mass is 19.1. The summed E-state index contributed by atoms with van der Waals surface area (Å²) in [4.78, 5) is 4.34. The van der Waals surface area contributed by atoms with E-state index in [0.29, 0.717) is 17.4 Å². The molecule has 1 aromatic carbocycles. The van der Waals surface area contributed by atoms with Gasteiger partial charge in [0.1, 0.15) is 5.82 Å². The fourth-order valence-electron chi connectivity index (χ4n) is 2.16. The smallest absolute Gasteiger partial charge is 0.278 e. The van der Waals surface area contributed by atoms with Gasteiger partial charge >= 0.3 is 0 Å². The van der Waals surface area contributed by atoms with E-state index in [0.717, 1.165) is 31.6 Å². The van der Waals surface area contributed by atoms with Gasteiger partial charge in [0.05, 0.1) is 5.69 Å². The fraction of sp³-hybridized carbons (Fsp3) is 0.312. The number of ether oxygens (including phenoxy) is 1. The lowest BCUT2D eigenvalue weighted by Crippen LogP contribution is -1.95. The number of methoxy groups -OCH3 is 1. The number of aromatic nitrogens is 4. The van der Waals surface area contributed by atoms with Crippen molar-refractivity contribution in [1.82, 2.24) is 19.9 Å². The first-order valence-electron chi connectivity index (χ1n) is 7.40. The van der Waals surface area contributed by atoms with Crippen LogP contribution in [0.2, 0.25) is 0 Å². The summed E-state index contributed by atoms with van der Waals surface area (Å²) < 4.78 is 24.8. The van der Waals surface area contributed by atoms with Gasteiger partial charge in [-0.25, -0.2) is 9.07 Å². The fourth-order valence-corrected chi connectivity index (χ4v) is 2.16. The van der Waals surface area contributed by atoms with Gasteiger partial charge in [0, 0.05) is 26.3 Å². The zero-order valence-electron chi connectivity index (χ0n) is 12.8. The van der Waals surface area contributed by atoms with Gasteiger partial charge in [-0.1, -0.05) is 5.16 Å². The van der Waals surface area contributed by atoms with Gasteiger partial charge in [-0.15, -0.1) is 0 Å². The Kier molecular flexibility index (Phi) is 4.77. The van der Waals surface area contributed by atoms with E-state index in [2.05, 4.69) is 15.2 Å². The number of nitrogens with zero attached hydrogens (tertiary/aromatic N) is 4. The molecule has 2 heterocycles. The molecule has 2 aromatic heterocycles. The van der Waals surface area contributed by atoms with Crippen LogP contribution in [0.5, 0.6) is 0 Å². The minimum absolute atomic E-state index is 0.281. The average molecular weight is 316 g/mol. The highest BCUT2D eigenvalue weighted by molar-refractivity contribution is 5.46. The van der Waals surface area contributed by atoms with Gasteiger partial charge in [-0.05, 0) is 43.2 Å². The molecule has 3 aromatic rings. The SMILES string of the molecule is COCCCCc1noc(-c2ccn(-c3ccc(F)cc3)n2)n1.